The van der Waals surface area contributed by atoms with Gasteiger partial charge in [-0.05, 0) is 58.4 Å². The SMILES string of the molecule is CC(C)(C)[S@+]([O-])N[C@@H](C1CC1)C1CCC=CO1. The zero-order valence-electron chi connectivity index (χ0n) is 10.9. The predicted molar refractivity (Wildman–Crippen MR) is 70.8 cm³/mol. The fourth-order valence-corrected chi connectivity index (χ4v) is 2.99. The van der Waals surface area contributed by atoms with E-state index in [2.05, 4.69) is 10.8 Å². The van der Waals surface area contributed by atoms with Crippen molar-refractivity contribution in [3.8, 4) is 0 Å². The Balaban J connectivity index is 1.95. The van der Waals surface area contributed by atoms with E-state index in [1.54, 1.807) is 6.26 Å². The van der Waals surface area contributed by atoms with Gasteiger partial charge in [0, 0.05) is 11.4 Å². The Morgan fingerprint density at radius 1 is 1.35 bits per heavy atom. The molecule has 1 aliphatic carbocycles. The van der Waals surface area contributed by atoms with Crippen LogP contribution in [0.25, 0.3) is 0 Å². The molecule has 0 aromatic heterocycles. The van der Waals surface area contributed by atoms with Crippen LogP contribution in [0.4, 0.5) is 0 Å². The number of hydrogen-bond acceptors (Lipinski definition) is 3. The second kappa shape index (κ2) is 5.21. The van der Waals surface area contributed by atoms with Crippen molar-refractivity contribution in [3.05, 3.63) is 12.3 Å². The molecule has 0 amide bonds. The van der Waals surface area contributed by atoms with Gasteiger partial charge in [0.1, 0.15) is 10.9 Å². The molecule has 1 fully saturated rings. The number of ether oxygens (including phenoxy) is 1. The van der Waals surface area contributed by atoms with Gasteiger partial charge in [0.2, 0.25) is 0 Å². The molecule has 98 valence electrons. The Hall–Kier alpha value is -0.190. The van der Waals surface area contributed by atoms with E-state index in [4.69, 9.17) is 4.74 Å². The number of hydrogen-bond donors (Lipinski definition) is 1. The molecule has 0 radical (unpaired) electrons. The van der Waals surface area contributed by atoms with Crippen LogP contribution in [0.15, 0.2) is 12.3 Å². The Morgan fingerprint density at radius 2 is 2.06 bits per heavy atom. The quantitative estimate of drug-likeness (QED) is 0.787. The third-order valence-electron chi connectivity index (χ3n) is 3.30. The molecule has 3 nitrogen and oxygen atoms in total. The summed E-state index contributed by atoms with van der Waals surface area (Å²) in [6.07, 6.45) is 8.63. The van der Waals surface area contributed by atoms with Gasteiger partial charge in [-0.3, -0.25) is 0 Å². The summed E-state index contributed by atoms with van der Waals surface area (Å²) in [6, 6.07) is 0.250. The molecular formula is C13H23NO2S. The average Bonchev–Trinajstić information content (AvgIpc) is 3.09. The summed E-state index contributed by atoms with van der Waals surface area (Å²) >= 11 is -1.00. The lowest BCUT2D eigenvalue weighted by atomic mass is 10.0. The van der Waals surface area contributed by atoms with Crippen LogP contribution < -0.4 is 4.72 Å². The first kappa shape index (κ1) is 13.2. The highest BCUT2D eigenvalue weighted by molar-refractivity contribution is 7.90. The number of allylic oxidation sites excluding steroid dienone is 1. The lowest BCUT2D eigenvalue weighted by Crippen LogP contribution is -2.51. The topological polar surface area (TPSA) is 44.3 Å². The monoisotopic (exact) mass is 257 g/mol. The van der Waals surface area contributed by atoms with E-state index in [1.807, 2.05) is 20.8 Å². The van der Waals surface area contributed by atoms with E-state index < -0.39 is 11.4 Å². The fraction of sp³-hybridized carbons (Fsp3) is 0.846. The highest BCUT2D eigenvalue weighted by Crippen LogP contribution is 2.37. The first-order chi connectivity index (χ1) is 7.98. The van der Waals surface area contributed by atoms with Crippen LogP contribution >= 0.6 is 0 Å². The van der Waals surface area contributed by atoms with Gasteiger partial charge in [-0.25, -0.2) is 0 Å². The molecule has 0 aromatic rings. The molecule has 0 bridgehead atoms. The summed E-state index contributed by atoms with van der Waals surface area (Å²) in [5, 5.41) is 0. The van der Waals surface area contributed by atoms with Crippen molar-refractivity contribution in [1.29, 1.82) is 0 Å². The summed E-state index contributed by atoms with van der Waals surface area (Å²) < 4.78 is 20.9. The maximum atomic E-state index is 12.2. The molecule has 2 rings (SSSR count). The number of rotatable bonds is 4. The van der Waals surface area contributed by atoms with E-state index in [-0.39, 0.29) is 16.9 Å². The Bertz CT molecular complexity index is 284. The summed E-state index contributed by atoms with van der Waals surface area (Å²) in [5.41, 5.74) is 0. The molecule has 0 aromatic carbocycles. The van der Waals surface area contributed by atoms with E-state index >= 15 is 0 Å². The second-order valence-corrected chi connectivity index (χ2v) is 7.98. The van der Waals surface area contributed by atoms with Gasteiger partial charge in [0.25, 0.3) is 0 Å². The zero-order chi connectivity index (χ0) is 12.5. The number of nitrogens with one attached hydrogen (secondary N) is 1. The van der Waals surface area contributed by atoms with Crippen LogP contribution in [-0.4, -0.2) is 21.4 Å². The van der Waals surface area contributed by atoms with Gasteiger partial charge in [-0.1, -0.05) is 0 Å². The highest BCUT2D eigenvalue weighted by atomic mass is 32.2. The van der Waals surface area contributed by atoms with Gasteiger partial charge in [0.15, 0.2) is 0 Å². The molecule has 1 unspecified atom stereocenters. The summed E-state index contributed by atoms with van der Waals surface area (Å²) in [5.74, 6) is 0.651. The average molecular weight is 257 g/mol. The van der Waals surface area contributed by atoms with Crippen LogP contribution in [0, 0.1) is 5.92 Å². The second-order valence-electron chi connectivity index (χ2n) is 5.99. The highest BCUT2D eigenvalue weighted by Gasteiger charge is 2.42. The van der Waals surface area contributed by atoms with Crippen LogP contribution in [0.2, 0.25) is 0 Å². The largest absolute Gasteiger partial charge is 0.598 e. The Kier molecular flexibility index (Phi) is 4.06. The maximum absolute atomic E-state index is 12.2. The molecule has 0 spiro atoms. The smallest absolute Gasteiger partial charge is 0.136 e. The van der Waals surface area contributed by atoms with Crippen molar-refractivity contribution in [2.24, 2.45) is 5.92 Å². The maximum Gasteiger partial charge on any atom is 0.136 e. The fourth-order valence-electron chi connectivity index (χ4n) is 2.05. The lowest BCUT2D eigenvalue weighted by molar-refractivity contribution is 0.0858. The van der Waals surface area contributed by atoms with Crippen molar-refractivity contribution in [3.63, 3.8) is 0 Å². The van der Waals surface area contributed by atoms with E-state index in [1.165, 1.54) is 12.8 Å². The Morgan fingerprint density at radius 3 is 2.53 bits per heavy atom. The summed E-state index contributed by atoms with van der Waals surface area (Å²) in [6.45, 7) is 6.01. The van der Waals surface area contributed by atoms with Crippen molar-refractivity contribution < 1.29 is 9.29 Å². The van der Waals surface area contributed by atoms with E-state index in [0.29, 0.717) is 5.92 Å². The van der Waals surface area contributed by atoms with Crippen LogP contribution in [0.1, 0.15) is 46.5 Å². The minimum absolute atomic E-state index is 0.193. The van der Waals surface area contributed by atoms with Gasteiger partial charge >= 0.3 is 0 Å². The molecule has 2 aliphatic rings. The molecule has 1 saturated carbocycles. The first-order valence-corrected chi connectivity index (χ1v) is 7.62. The van der Waals surface area contributed by atoms with Crippen LogP contribution in [-0.2, 0) is 16.1 Å². The molecular weight excluding hydrogens is 234 g/mol. The summed E-state index contributed by atoms with van der Waals surface area (Å²) in [7, 11) is 0. The van der Waals surface area contributed by atoms with Crippen molar-refractivity contribution in [1.82, 2.24) is 4.72 Å². The van der Waals surface area contributed by atoms with Crippen molar-refractivity contribution >= 4 is 11.4 Å². The third kappa shape index (κ3) is 3.63. The van der Waals surface area contributed by atoms with Gasteiger partial charge in [-0.15, -0.1) is 4.72 Å². The van der Waals surface area contributed by atoms with Crippen molar-refractivity contribution in [2.75, 3.05) is 0 Å². The normalized spacial score (nSPS) is 28.6. The molecule has 1 aliphatic heterocycles. The molecule has 1 N–H and O–H groups in total. The first-order valence-electron chi connectivity index (χ1n) is 6.47. The molecule has 4 heteroatoms. The molecule has 1 heterocycles. The van der Waals surface area contributed by atoms with Gasteiger partial charge in [-0.2, -0.15) is 0 Å². The van der Waals surface area contributed by atoms with Gasteiger partial charge in [0.05, 0.1) is 12.3 Å². The molecule has 0 saturated heterocycles. The predicted octanol–water partition coefficient (Wildman–Crippen LogP) is 2.51. The van der Waals surface area contributed by atoms with E-state index in [9.17, 15) is 4.55 Å². The van der Waals surface area contributed by atoms with Crippen LogP contribution in [0.3, 0.4) is 0 Å². The lowest BCUT2D eigenvalue weighted by Gasteiger charge is -2.32. The standard InChI is InChI=1S/C13H23NO2S/c1-13(2,3)17(15)14-12(10-7-8-10)11-6-4-5-9-16-11/h5,9-12,14H,4,6-8H2,1-3H3/t11?,12-,17-/m0/s1. The van der Waals surface area contributed by atoms with E-state index in [0.717, 1.165) is 12.8 Å². The van der Waals surface area contributed by atoms with Gasteiger partial charge < -0.3 is 9.29 Å². The zero-order valence-corrected chi connectivity index (χ0v) is 11.8. The minimum Gasteiger partial charge on any atom is -0.598 e. The molecule has 3 atom stereocenters. The summed E-state index contributed by atoms with van der Waals surface area (Å²) in [4.78, 5) is 0. The minimum atomic E-state index is -1.00. The van der Waals surface area contributed by atoms with Crippen molar-refractivity contribution in [2.45, 2.75) is 63.3 Å². The van der Waals surface area contributed by atoms with Crippen LogP contribution in [0.5, 0.6) is 0 Å². The molecule has 17 heavy (non-hydrogen) atoms. The Labute approximate surface area is 107 Å². The third-order valence-corrected chi connectivity index (χ3v) is 4.90.